The molecule has 0 aliphatic carbocycles. The van der Waals surface area contributed by atoms with Gasteiger partial charge in [-0.05, 0) is 90.7 Å². The van der Waals surface area contributed by atoms with E-state index in [-0.39, 0.29) is 18.4 Å². The molecular formula is C35H43N5O6S. The molecule has 0 saturated heterocycles. The largest absolute Gasteiger partial charge is 0.494 e. The van der Waals surface area contributed by atoms with Gasteiger partial charge in [0.2, 0.25) is 5.91 Å². The molecule has 3 aromatic carbocycles. The van der Waals surface area contributed by atoms with Gasteiger partial charge in [0.15, 0.2) is 0 Å². The SMILES string of the molecule is COc1cc(C(CC(=O)O)c2ccc(C)c(CN3CC(C)Oc4cc(CCCOCCNC(C)=O)ccc4S3)c2)cc2nnn(C)c12. The van der Waals surface area contributed by atoms with Crippen molar-refractivity contribution in [1.82, 2.24) is 24.6 Å². The maximum Gasteiger partial charge on any atom is 0.304 e. The van der Waals surface area contributed by atoms with Crippen LogP contribution in [0.25, 0.3) is 11.0 Å². The number of carbonyl (C=O) groups excluding carboxylic acids is 1. The summed E-state index contributed by atoms with van der Waals surface area (Å²) in [6.07, 6.45) is 1.66. The molecule has 4 aromatic rings. The van der Waals surface area contributed by atoms with Crippen molar-refractivity contribution in [1.29, 1.82) is 0 Å². The van der Waals surface area contributed by atoms with Gasteiger partial charge in [0.05, 0.1) is 25.0 Å². The van der Waals surface area contributed by atoms with Crippen LogP contribution in [-0.2, 0) is 34.3 Å². The van der Waals surface area contributed by atoms with Crippen LogP contribution in [0.4, 0.5) is 0 Å². The predicted octanol–water partition coefficient (Wildman–Crippen LogP) is 5.27. The zero-order valence-electron chi connectivity index (χ0n) is 27.6. The van der Waals surface area contributed by atoms with E-state index in [1.807, 2.05) is 18.2 Å². The van der Waals surface area contributed by atoms with Crippen molar-refractivity contribution in [3.05, 3.63) is 76.3 Å². The van der Waals surface area contributed by atoms with E-state index in [4.69, 9.17) is 14.2 Å². The second-order valence-electron chi connectivity index (χ2n) is 12.0. The van der Waals surface area contributed by atoms with Crippen molar-refractivity contribution < 1.29 is 28.9 Å². The lowest BCUT2D eigenvalue weighted by Gasteiger charge is -2.23. The summed E-state index contributed by atoms with van der Waals surface area (Å²) in [4.78, 5) is 24.1. The number of nitrogens with one attached hydrogen (secondary N) is 1. The van der Waals surface area contributed by atoms with Gasteiger partial charge in [-0.3, -0.25) is 9.59 Å². The minimum atomic E-state index is -0.880. The number of rotatable bonds is 14. The van der Waals surface area contributed by atoms with Crippen LogP contribution in [0.2, 0.25) is 0 Å². The molecular weight excluding hydrogens is 618 g/mol. The smallest absolute Gasteiger partial charge is 0.304 e. The summed E-state index contributed by atoms with van der Waals surface area (Å²) in [5, 5.41) is 21.0. The zero-order valence-corrected chi connectivity index (χ0v) is 28.4. The Balaban J connectivity index is 1.31. The van der Waals surface area contributed by atoms with Crippen molar-refractivity contribution in [3.63, 3.8) is 0 Å². The van der Waals surface area contributed by atoms with E-state index >= 15 is 0 Å². The molecule has 11 nitrogen and oxygen atoms in total. The molecule has 1 amide bonds. The fourth-order valence-corrected chi connectivity index (χ4v) is 6.96. The number of carbonyl (C=O) groups is 2. The number of carboxylic acids is 1. The van der Waals surface area contributed by atoms with E-state index in [1.54, 1.807) is 30.8 Å². The third kappa shape index (κ3) is 8.82. The topological polar surface area (TPSA) is 128 Å². The summed E-state index contributed by atoms with van der Waals surface area (Å²) in [5.74, 6) is 0.167. The third-order valence-corrected chi connectivity index (χ3v) is 9.28. The first kappa shape index (κ1) is 34.2. The summed E-state index contributed by atoms with van der Waals surface area (Å²) < 4.78 is 21.6. The lowest BCUT2D eigenvalue weighted by molar-refractivity contribution is -0.137. The van der Waals surface area contributed by atoms with Crippen LogP contribution in [0.3, 0.4) is 0 Å². The number of ether oxygens (including phenoxy) is 3. The fourth-order valence-electron chi connectivity index (χ4n) is 5.87. The highest BCUT2D eigenvalue weighted by Gasteiger charge is 2.25. The molecule has 0 saturated carbocycles. The number of aryl methyl sites for hydroxylation is 3. The first-order valence-corrected chi connectivity index (χ1v) is 16.6. The summed E-state index contributed by atoms with van der Waals surface area (Å²) in [6.45, 7) is 8.72. The Morgan fingerprint density at radius 3 is 2.74 bits per heavy atom. The van der Waals surface area contributed by atoms with Gasteiger partial charge >= 0.3 is 5.97 Å². The normalized spacial score (nSPS) is 15.5. The number of aromatic nitrogens is 3. The van der Waals surface area contributed by atoms with Gasteiger partial charge in [-0.2, -0.15) is 0 Å². The van der Waals surface area contributed by atoms with Crippen molar-refractivity contribution in [2.45, 2.75) is 63.5 Å². The molecule has 2 atom stereocenters. The van der Waals surface area contributed by atoms with Gasteiger partial charge in [0.1, 0.15) is 28.6 Å². The number of hydrogen-bond donors (Lipinski definition) is 2. The van der Waals surface area contributed by atoms with Crippen LogP contribution in [-0.4, -0.2) is 75.8 Å². The van der Waals surface area contributed by atoms with E-state index in [0.717, 1.165) is 57.8 Å². The highest BCUT2D eigenvalue weighted by molar-refractivity contribution is 7.97. The van der Waals surface area contributed by atoms with Crippen molar-refractivity contribution in [3.8, 4) is 11.5 Å². The molecule has 250 valence electrons. The van der Waals surface area contributed by atoms with Crippen LogP contribution in [0, 0.1) is 6.92 Å². The number of methoxy groups -OCH3 is 1. The number of aliphatic carboxylic acids is 1. The Hall–Kier alpha value is -4.13. The molecule has 0 spiro atoms. The Bertz CT molecular complexity index is 1730. The molecule has 12 heteroatoms. The summed E-state index contributed by atoms with van der Waals surface area (Å²) in [5.41, 5.74) is 6.63. The lowest BCUT2D eigenvalue weighted by atomic mass is 9.86. The summed E-state index contributed by atoms with van der Waals surface area (Å²) in [7, 11) is 3.40. The Morgan fingerprint density at radius 2 is 1.98 bits per heavy atom. The van der Waals surface area contributed by atoms with Crippen LogP contribution >= 0.6 is 11.9 Å². The minimum Gasteiger partial charge on any atom is -0.494 e. The molecule has 2 heterocycles. The number of hydrogen-bond acceptors (Lipinski definition) is 9. The molecule has 0 radical (unpaired) electrons. The van der Waals surface area contributed by atoms with Gasteiger partial charge < -0.3 is 24.6 Å². The van der Waals surface area contributed by atoms with Gasteiger partial charge in [0, 0.05) is 46.1 Å². The van der Waals surface area contributed by atoms with Gasteiger partial charge in [0.25, 0.3) is 0 Å². The third-order valence-electron chi connectivity index (χ3n) is 8.21. The van der Waals surface area contributed by atoms with E-state index in [1.165, 1.54) is 12.5 Å². The number of nitrogens with zero attached hydrogens (tertiary/aromatic N) is 4. The second kappa shape index (κ2) is 15.6. The average molecular weight is 662 g/mol. The highest BCUT2D eigenvalue weighted by atomic mass is 32.2. The first-order chi connectivity index (χ1) is 22.6. The van der Waals surface area contributed by atoms with Crippen molar-refractivity contribution >= 4 is 34.9 Å². The molecule has 47 heavy (non-hydrogen) atoms. The quantitative estimate of drug-likeness (QED) is 0.136. The van der Waals surface area contributed by atoms with Crippen molar-refractivity contribution in [2.75, 3.05) is 33.4 Å². The van der Waals surface area contributed by atoms with E-state index in [0.29, 0.717) is 37.6 Å². The van der Waals surface area contributed by atoms with E-state index in [9.17, 15) is 14.7 Å². The standard InChI is InChI=1S/C35H43N5O6S/c1-22-8-10-26(29(19-34(42)43)27-17-30-35(32(18-27)44-5)39(4)38-37-30)16-28(22)21-40-20-23(2)46-31-15-25(9-11-33(31)47-40)7-6-13-45-14-12-36-24(3)41/h8-11,15-18,23,29H,6-7,12-14,19-21H2,1-5H3,(H,36,41)(H,42,43). The molecule has 0 bridgehead atoms. The van der Waals surface area contributed by atoms with Gasteiger partial charge in [-0.15, -0.1) is 5.10 Å². The summed E-state index contributed by atoms with van der Waals surface area (Å²) in [6, 6.07) is 16.4. The number of benzene rings is 3. The maximum atomic E-state index is 12.1. The predicted molar refractivity (Wildman–Crippen MR) is 181 cm³/mol. The molecule has 1 aliphatic heterocycles. The second-order valence-corrected chi connectivity index (χ2v) is 13.1. The summed E-state index contributed by atoms with van der Waals surface area (Å²) >= 11 is 1.68. The first-order valence-electron chi connectivity index (χ1n) is 15.8. The van der Waals surface area contributed by atoms with Crippen LogP contribution < -0.4 is 14.8 Å². The van der Waals surface area contributed by atoms with Gasteiger partial charge in [-0.25, -0.2) is 8.99 Å². The van der Waals surface area contributed by atoms with Gasteiger partial charge in [-0.1, -0.05) is 29.5 Å². The monoisotopic (exact) mass is 661 g/mol. The molecule has 5 rings (SSSR count). The van der Waals surface area contributed by atoms with E-state index < -0.39 is 11.9 Å². The molecule has 1 aromatic heterocycles. The van der Waals surface area contributed by atoms with Crippen LogP contribution in [0.1, 0.15) is 60.4 Å². The Morgan fingerprint density at radius 1 is 1.15 bits per heavy atom. The Kier molecular flexibility index (Phi) is 11.4. The number of fused-ring (bicyclic) bond motifs is 2. The molecule has 2 unspecified atom stereocenters. The number of amides is 1. The maximum absolute atomic E-state index is 12.1. The van der Waals surface area contributed by atoms with Crippen LogP contribution in [0.15, 0.2) is 53.4 Å². The Labute approximate surface area is 279 Å². The van der Waals surface area contributed by atoms with Crippen LogP contribution in [0.5, 0.6) is 11.5 Å². The van der Waals surface area contributed by atoms with E-state index in [2.05, 4.69) is 64.1 Å². The number of carboxylic acid groups (broad SMARTS) is 1. The molecule has 0 fully saturated rings. The van der Waals surface area contributed by atoms with Crippen molar-refractivity contribution in [2.24, 2.45) is 7.05 Å². The lowest BCUT2D eigenvalue weighted by Crippen LogP contribution is -2.27. The average Bonchev–Trinajstić information content (AvgIpc) is 3.32. The molecule has 2 N–H and O–H groups in total. The highest BCUT2D eigenvalue weighted by Crippen LogP contribution is 2.39. The molecule has 1 aliphatic rings. The minimum absolute atomic E-state index is 0.0227. The zero-order chi connectivity index (χ0) is 33.5. The fraction of sp³-hybridized carbons (Fsp3) is 0.429.